The van der Waals surface area contributed by atoms with Crippen LogP contribution >= 0.6 is 0 Å². The summed E-state index contributed by atoms with van der Waals surface area (Å²) in [7, 11) is 0. The Morgan fingerprint density at radius 3 is 2.38 bits per heavy atom. The molecule has 0 spiro atoms. The van der Waals surface area contributed by atoms with Crippen LogP contribution in [0.5, 0.6) is 0 Å². The molecule has 76 valence electrons. The van der Waals surface area contributed by atoms with Gasteiger partial charge >= 0.3 is 6.16 Å². The minimum absolute atomic E-state index is 0.916. The highest BCUT2D eigenvalue weighted by Crippen LogP contribution is 2.29. The van der Waals surface area contributed by atoms with Gasteiger partial charge in [0, 0.05) is 6.04 Å². The summed E-state index contributed by atoms with van der Waals surface area (Å²) in [6.45, 7) is 1.29. The van der Waals surface area contributed by atoms with E-state index in [1.165, 1.54) is 38.6 Å². The van der Waals surface area contributed by atoms with E-state index in [0.717, 1.165) is 12.0 Å². The molecule has 1 saturated carbocycles. The molecule has 0 aromatic rings. The van der Waals surface area contributed by atoms with Crippen LogP contribution < -0.4 is 5.32 Å². The number of carbonyl (C=O) groups is 1. The van der Waals surface area contributed by atoms with Crippen molar-refractivity contribution >= 4 is 6.16 Å². The Bertz CT molecular complexity index is 156. The molecule has 0 amide bonds. The van der Waals surface area contributed by atoms with Gasteiger partial charge in [-0.2, -0.15) is 0 Å². The molecule has 2 atom stereocenters. The number of carboxylic acid groups (broad SMARTS) is 2. The van der Waals surface area contributed by atoms with Crippen molar-refractivity contribution in [3.63, 3.8) is 0 Å². The lowest BCUT2D eigenvalue weighted by molar-refractivity contribution is 0.137. The first kappa shape index (κ1) is 10.3. The molecule has 13 heavy (non-hydrogen) atoms. The third-order valence-electron chi connectivity index (χ3n) is 2.83. The standard InChI is InChI=1S/C8H15N.CH2O3/c1-2-4-8-7(3-1)5-6-9-8;2-1(3)4/h7-9H,1-6H2;(H2,2,3,4). The molecule has 2 fully saturated rings. The average Bonchev–Trinajstić information content (AvgIpc) is 2.49. The molecule has 0 bridgehead atoms. The highest BCUT2D eigenvalue weighted by atomic mass is 16.6. The maximum absolute atomic E-state index is 8.56. The van der Waals surface area contributed by atoms with E-state index in [9.17, 15) is 0 Å². The topological polar surface area (TPSA) is 69.6 Å². The third kappa shape index (κ3) is 3.63. The number of rotatable bonds is 0. The molecule has 1 heterocycles. The predicted octanol–water partition coefficient (Wildman–Crippen LogP) is 1.76. The Labute approximate surface area is 78.0 Å². The molecule has 1 aliphatic heterocycles. The van der Waals surface area contributed by atoms with Gasteiger partial charge in [0.1, 0.15) is 0 Å². The quantitative estimate of drug-likeness (QED) is 0.540. The van der Waals surface area contributed by atoms with Gasteiger partial charge in [-0.05, 0) is 31.7 Å². The summed E-state index contributed by atoms with van der Waals surface area (Å²) in [5.74, 6) is 1.05. The summed E-state index contributed by atoms with van der Waals surface area (Å²) < 4.78 is 0. The van der Waals surface area contributed by atoms with Gasteiger partial charge < -0.3 is 15.5 Å². The van der Waals surface area contributed by atoms with E-state index in [1.807, 2.05) is 0 Å². The van der Waals surface area contributed by atoms with Crippen molar-refractivity contribution in [1.29, 1.82) is 0 Å². The Hall–Kier alpha value is -0.770. The Kier molecular flexibility index (Phi) is 4.02. The van der Waals surface area contributed by atoms with Gasteiger partial charge in [-0.25, -0.2) is 4.79 Å². The molecule has 4 nitrogen and oxygen atoms in total. The molecule has 0 radical (unpaired) electrons. The Morgan fingerprint density at radius 2 is 1.77 bits per heavy atom. The zero-order chi connectivity index (χ0) is 9.68. The maximum Gasteiger partial charge on any atom is 0.503 e. The van der Waals surface area contributed by atoms with Crippen LogP contribution in [0.25, 0.3) is 0 Å². The first-order valence-corrected chi connectivity index (χ1v) is 4.85. The molecular weight excluding hydrogens is 170 g/mol. The van der Waals surface area contributed by atoms with Crippen LogP contribution in [0.15, 0.2) is 0 Å². The highest BCUT2D eigenvalue weighted by molar-refractivity contribution is 5.53. The lowest BCUT2D eigenvalue weighted by Gasteiger charge is -2.24. The van der Waals surface area contributed by atoms with Crippen molar-refractivity contribution in [2.75, 3.05) is 6.54 Å². The lowest BCUT2D eigenvalue weighted by Crippen LogP contribution is -2.29. The average molecular weight is 187 g/mol. The van der Waals surface area contributed by atoms with Crippen LogP contribution in [0.2, 0.25) is 0 Å². The second-order valence-electron chi connectivity index (χ2n) is 3.68. The molecule has 0 aromatic heterocycles. The number of hydrogen-bond donors (Lipinski definition) is 3. The van der Waals surface area contributed by atoms with Crippen molar-refractivity contribution in [2.24, 2.45) is 5.92 Å². The lowest BCUT2D eigenvalue weighted by atomic mass is 9.86. The van der Waals surface area contributed by atoms with Crippen LogP contribution in [0.4, 0.5) is 4.79 Å². The highest BCUT2D eigenvalue weighted by Gasteiger charge is 2.28. The molecular formula is C9H17NO3. The van der Waals surface area contributed by atoms with E-state index in [2.05, 4.69) is 5.32 Å². The molecule has 2 aliphatic rings. The van der Waals surface area contributed by atoms with Crippen LogP contribution in [0.1, 0.15) is 32.1 Å². The van der Waals surface area contributed by atoms with Gasteiger partial charge in [0.25, 0.3) is 0 Å². The Balaban J connectivity index is 0.000000184. The van der Waals surface area contributed by atoms with Gasteiger partial charge in [0.2, 0.25) is 0 Å². The van der Waals surface area contributed by atoms with E-state index in [1.54, 1.807) is 0 Å². The number of fused-ring (bicyclic) bond motifs is 1. The van der Waals surface area contributed by atoms with Crippen LogP contribution in [-0.2, 0) is 0 Å². The van der Waals surface area contributed by atoms with Gasteiger partial charge in [0.15, 0.2) is 0 Å². The smallest absolute Gasteiger partial charge is 0.450 e. The first-order valence-electron chi connectivity index (χ1n) is 4.85. The summed E-state index contributed by atoms with van der Waals surface area (Å²) in [6, 6.07) is 0.916. The minimum atomic E-state index is -1.83. The second kappa shape index (κ2) is 5.07. The van der Waals surface area contributed by atoms with E-state index in [0.29, 0.717) is 0 Å². The molecule has 2 unspecified atom stereocenters. The van der Waals surface area contributed by atoms with E-state index < -0.39 is 6.16 Å². The fraction of sp³-hybridized carbons (Fsp3) is 0.889. The number of nitrogens with one attached hydrogen (secondary N) is 1. The SMILES string of the molecule is C1CCC2NCCC2C1.O=C(O)O. The molecule has 4 heteroatoms. The normalized spacial score (nSPS) is 31.4. The molecule has 1 aliphatic carbocycles. The van der Waals surface area contributed by atoms with E-state index in [-0.39, 0.29) is 0 Å². The monoisotopic (exact) mass is 187 g/mol. The van der Waals surface area contributed by atoms with Crippen molar-refractivity contribution in [3.05, 3.63) is 0 Å². The zero-order valence-electron chi connectivity index (χ0n) is 7.70. The first-order chi connectivity index (χ1) is 6.20. The van der Waals surface area contributed by atoms with E-state index in [4.69, 9.17) is 15.0 Å². The van der Waals surface area contributed by atoms with Crippen molar-refractivity contribution < 1.29 is 15.0 Å². The van der Waals surface area contributed by atoms with Crippen LogP contribution in [-0.4, -0.2) is 29.0 Å². The van der Waals surface area contributed by atoms with Gasteiger partial charge in [-0.1, -0.05) is 12.8 Å². The molecule has 0 aromatic carbocycles. The fourth-order valence-corrected chi connectivity index (χ4v) is 2.28. The number of hydrogen-bond acceptors (Lipinski definition) is 2. The molecule has 1 saturated heterocycles. The summed E-state index contributed by atoms with van der Waals surface area (Å²) in [5, 5.41) is 17.5. The second-order valence-corrected chi connectivity index (χ2v) is 3.68. The van der Waals surface area contributed by atoms with Crippen LogP contribution in [0, 0.1) is 5.92 Å². The fourth-order valence-electron chi connectivity index (χ4n) is 2.28. The molecule has 3 N–H and O–H groups in total. The maximum atomic E-state index is 8.56. The zero-order valence-corrected chi connectivity index (χ0v) is 7.70. The van der Waals surface area contributed by atoms with Crippen molar-refractivity contribution in [1.82, 2.24) is 5.32 Å². The Morgan fingerprint density at radius 1 is 1.15 bits per heavy atom. The minimum Gasteiger partial charge on any atom is -0.450 e. The third-order valence-corrected chi connectivity index (χ3v) is 2.83. The largest absolute Gasteiger partial charge is 0.503 e. The van der Waals surface area contributed by atoms with E-state index >= 15 is 0 Å². The summed E-state index contributed by atoms with van der Waals surface area (Å²) >= 11 is 0. The summed E-state index contributed by atoms with van der Waals surface area (Å²) in [6.07, 6.45) is 5.52. The van der Waals surface area contributed by atoms with Gasteiger partial charge in [-0.3, -0.25) is 0 Å². The van der Waals surface area contributed by atoms with Crippen LogP contribution in [0.3, 0.4) is 0 Å². The van der Waals surface area contributed by atoms with Crippen molar-refractivity contribution in [3.8, 4) is 0 Å². The van der Waals surface area contributed by atoms with Crippen molar-refractivity contribution in [2.45, 2.75) is 38.1 Å². The summed E-state index contributed by atoms with van der Waals surface area (Å²) in [5.41, 5.74) is 0. The van der Waals surface area contributed by atoms with Gasteiger partial charge in [-0.15, -0.1) is 0 Å². The molecule has 2 rings (SSSR count). The van der Waals surface area contributed by atoms with Gasteiger partial charge in [0.05, 0.1) is 0 Å². The predicted molar refractivity (Wildman–Crippen MR) is 49.0 cm³/mol. The summed E-state index contributed by atoms with van der Waals surface area (Å²) in [4.78, 5) is 8.56.